The lowest BCUT2D eigenvalue weighted by Crippen LogP contribution is -2.30. The SMILES string of the molecule is NCCC1CCN(C(=O)Cc2ccc(F)c(F)c2)C1. The lowest BCUT2D eigenvalue weighted by molar-refractivity contribution is -0.129. The Bertz CT molecular complexity index is 465. The third-order valence-corrected chi connectivity index (χ3v) is 3.55. The highest BCUT2D eigenvalue weighted by molar-refractivity contribution is 5.79. The molecule has 2 rings (SSSR count). The van der Waals surface area contributed by atoms with Crippen LogP contribution in [-0.2, 0) is 11.2 Å². The van der Waals surface area contributed by atoms with Crippen LogP contribution in [0.2, 0.25) is 0 Å². The van der Waals surface area contributed by atoms with Gasteiger partial charge in [0.2, 0.25) is 5.91 Å². The summed E-state index contributed by atoms with van der Waals surface area (Å²) in [6.07, 6.45) is 2.02. The standard InChI is InChI=1S/C14H18F2N2O/c15-12-2-1-11(7-13(12)16)8-14(19)18-6-4-10(9-18)3-5-17/h1-2,7,10H,3-6,8-9,17H2. The van der Waals surface area contributed by atoms with E-state index in [0.717, 1.165) is 38.1 Å². The van der Waals surface area contributed by atoms with Gasteiger partial charge in [0.1, 0.15) is 0 Å². The molecule has 5 heteroatoms. The van der Waals surface area contributed by atoms with Gasteiger partial charge < -0.3 is 10.6 Å². The Kier molecular flexibility index (Phi) is 4.47. The normalized spacial score (nSPS) is 18.9. The van der Waals surface area contributed by atoms with Crippen molar-refractivity contribution in [2.24, 2.45) is 11.7 Å². The van der Waals surface area contributed by atoms with Crippen LogP contribution in [0.25, 0.3) is 0 Å². The monoisotopic (exact) mass is 268 g/mol. The maximum Gasteiger partial charge on any atom is 0.227 e. The molecule has 1 aliphatic rings. The molecule has 1 aromatic carbocycles. The molecular formula is C14H18F2N2O. The Hall–Kier alpha value is -1.49. The second kappa shape index (κ2) is 6.10. The van der Waals surface area contributed by atoms with Crippen molar-refractivity contribution in [2.75, 3.05) is 19.6 Å². The van der Waals surface area contributed by atoms with Gasteiger partial charge >= 0.3 is 0 Å². The van der Waals surface area contributed by atoms with E-state index in [2.05, 4.69) is 0 Å². The summed E-state index contributed by atoms with van der Waals surface area (Å²) < 4.78 is 25.8. The van der Waals surface area contributed by atoms with E-state index in [1.54, 1.807) is 4.90 Å². The first-order valence-corrected chi connectivity index (χ1v) is 6.52. The quantitative estimate of drug-likeness (QED) is 0.903. The van der Waals surface area contributed by atoms with E-state index in [4.69, 9.17) is 5.73 Å². The van der Waals surface area contributed by atoms with Gasteiger partial charge in [-0.3, -0.25) is 4.79 Å². The van der Waals surface area contributed by atoms with Gasteiger partial charge in [-0.1, -0.05) is 6.07 Å². The third-order valence-electron chi connectivity index (χ3n) is 3.55. The highest BCUT2D eigenvalue weighted by Gasteiger charge is 2.25. The van der Waals surface area contributed by atoms with Gasteiger partial charge in [-0.15, -0.1) is 0 Å². The van der Waals surface area contributed by atoms with Crippen LogP contribution in [0.5, 0.6) is 0 Å². The molecule has 0 radical (unpaired) electrons. The molecule has 1 atom stereocenters. The molecule has 3 nitrogen and oxygen atoms in total. The summed E-state index contributed by atoms with van der Waals surface area (Å²) in [5.74, 6) is -1.36. The zero-order valence-corrected chi connectivity index (χ0v) is 10.7. The van der Waals surface area contributed by atoms with Crippen LogP contribution in [0.15, 0.2) is 18.2 Å². The zero-order chi connectivity index (χ0) is 13.8. The van der Waals surface area contributed by atoms with E-state index in [1.807, 2.05) is 0 Å². The number of likely N-dealkylation sites (tertiary alicyclic amines) is 1. The Balaban J connectivity index is 1.92. The van der Waals surface area contributed by atoms with Crippen molar-refractivity contribution in [2.45, 2.75) is 19.3 Å². The van der Waals surface area contributed by atoms with Crippen LogP contribution in [0.4, 0.5) is 8.78 Å². The molecule has 1 amide bonds. The van der Waals surface area contributed by atoms with Crippen molar-refractivity contribution in [3.8, 4) is 0 Å². The number of amides is 1. The molecule has 104 valence electrons. The van der Waals surface area contributed by atoms with Gasteiger partial charge in [0.05, 0.1) is 6.42 Å². The maximum atomic E-state index is 13.1. The van der Waals surface area contributed by atoms with Crippen LogP contribution < -0.4 is 5.73 Å². The number of benzene rings is 1. The van der Waals surface area contributed by atoms with E-state index in [1.165, 1.54) is 6.07 Å². The summed E-state index contributed by atoms with van der Waals surface area (Å²) in [6.45, 7) is 2.09. The molecule has 1 aromatic rings. The molecule has 0 spiro atoms. The number of hydrogen-bond donors (Lipinski definition) is 1. The van der Waals surface area contributed by atoms with Crippen molar-refractivity contribution < 1.29 is 13.6 Å². The minimum absolute atomic E-state index is 0.0365. The van der Waals surface area contributed by atoms with Gasteiger partial charge in [-0.2, -0.15) is 0 Å². The largest absolute Gasteiger partial charge is 0.342 e. The van der Waals surface area contributed by atoms with Crippen molar-refractivity contribution in [1.29, 1.82) is 0 Å². The van der Waals surface area contributed by atoms with Crippen LogP contribution >= 0.6 is 0 Å². The number of carbonyl (C=O) groups excluding carboxylic acids is 1. The molecule has 1 saturated heterocycles. The van der Waals surface area contributed by atoms with E-state index in [0.29, 0.717) is 18.0 Å². The van der Waals surface area contributed by atoms with Gasteiger partial charge in [0, 0.05) is 13.1 Å². The average Bonchev–Trinajstić information content (AvgIpc) is 2.83. The highest BCUT2D eigenvalue weighted by Crippen LogP contribution is 2.20. The van der Waals surface area contributed by atoms with Crippen LogP contribution in [0.1, 0.15) is 18.4 Å². The van der Waals surface area contributed by atoms with Crippen molar-refractivity contribution >= 4 is 5.91 Å². The number of nitrogens with zero attached hydrogens (tertiary/aromatic N) is 1. The molecule has 1 unspecified atom stereocenters. The predicted octanol–water partition coefficient (Wildman–Crippen LogP) is 1.70. The van der Waals surface area contributed by atoms with E-state index < -0.39 is 11.6 Å². The zero-order valence-electron chi connectivity index (χ0n) is 10.7. The number of halogens is 2. The fourth-order valence-corrected chi connectivity index (χ4v) is 2.47. The van der Waals surface area contributed by atoms with Gasteiger partial charge in [0.25, 0.3) is 0 Å². The van der Waals surface area contributed by atoms with Crippen molar-refractivity contribution in [3.05, 3.63) is 35.4 Å². The molecule has 0 bridgehead atoms. The van der Waals surface area contributed by atoms with Crippen molar-refractivity contribution in [1.82, 2.24) is 4.90 Å². The molecule has 0 saturated carbocycles. The summed E-state index contributed by atoms with van der Waals surface area (Å²) in [5, 5.41) is 0. The Morgan fingerprint density at radius 1 is 1.37 bits per heavy atom. The minimum atomic E-state index is -0.910. The molecule has 0 aliphatic carbocycles. The molecule has 1 fully saturated rings. The summed E-state index contributed by atoms with van der Waals surface area (Å²) in [6, 6.07) is 3.59. The summed E-state index contributed by atoms with van der Waals surface area (Å²) in [4.78, 5) is 13.8. The molecule has 1 aliphatic heterocycles. The number of rotatable bonds is 4. The number of carbonyl (C=O) groups is 1. The summed E-state index contributed by atoms with van der Waals surface area (Å²) in [5.41, 5.74) is 6.01. The topological polar surface area (TPSA) is 46.3 Å². The minimum Gasteiger partial charge on any atom is -0.342 e. The van der Waals surface area contributed by atoms with Gasteiger partial charge in [-0.05, 0) is 43.0 Å². The Morgan fingerprint density at radius 2 is 2.16 bits per heavy atom. The fourth-order valence-electron chi connectivity index (χ4n) is 2.47. The Labute approximate surface area is 111 Å². The fraction of sp³-hybridized carbons (Fsp3) is 0.500. The van der Waals surface area contributed by atoms with Crippen LogP contribution in [0.3, 0.4) is 0 Å². The van der Waals surface area contributed by atoms with Gasteiger partial charge in [0.15, 0.2) is 11.6 Å². The molecule has 0 aromatic heterocycles. The number of hydrogen-bond acceptors (Lipinski definition) is 2. The lowest BCUT2D eigenvalue weighted by atomic mass is 10.1. The molecule has 1 heterocycles. The van der Waals surface area contributed by atoms with E-state index >= 15 is 0 Å². The first kappa shape index (κ1) is 13.9. The van der Waals surface area contributed by atoms with Crippen LogP contribution in [0, 0.1) is 17.6 Å². The average molecular weight is 268 g/mol. The van der Waals surface area contributed by atoms with Crippen molar-refractivity contribution in [3.63, 3.8) is 0 Å². The number of nitrogens with two attached hydrogens (primary N) is 1. The molecular weight excluding hydrogens is 250 g/mol. The maximum absolute atomic E-state index is 13.1. The first-order valence-electron chi connectivity index (χ1n) is 6.52. The second-order valence-electron chi connectivity index (χ2n) is 5.00. The smallest absolute Gasteiger partial charge is 0.227 e. The predicted molar refractivity (Wildman–Crippen MR) is 68.4 cm³/mol. The van der Waals surface area contributed by atoms with E-state index in [-0.39, 0.29) is 12.3 Å². The van der Waals surface area contributed by atoms with E-state index in [9.17, 15) is 13.6 Å². The summed E-state index contributed by atoms with van der Waals surface area (Å²) >= 11 is 0. The lowest BCUT2D eigenvalue weighted by Gasteiger charge is -2.16. The first-order chi connectivity index (χ1) is 9.10. The molecule has 19 heavy (non-hydrogen) atoms. The van der Waals surface area contributed by atoms with Gasteiger partial charge in [-0.25, -0.2) is 8.78 Å². The second-order valence-corrected chi connectivity index (χ2v) is 5.00. The molecule has 2 N–H and O–H groups in total. The highest BCUT2D eigenvalue weighted by atomic mass is 19.2. The van der Waals surface area contributed by atoms with Crippen LogP contribution in [-0.4, -0.2) is 30.4 Å². The summed E-state index contributed by atoms with van der Waals surface area (Å²) in [7, 11) is 0. The Morgan fingerprint density at radius 3 is 2.84 bits per heavy atom. The third kappa shape index (κ3) is 3.50.